The van der Waals surface area contributed by atoms with Crippen molar-refractivity contribution in [3.05, 3.63) is 29.3 Å². The number of hydrogen-bond donors (Lipinski definition) is 1. The van der Waals surface area contributed by atoms with Crippen molar-refractivity contribution in [1.82, 2.24) is 4.90 Å². The number of nitrogens with zero attached hydrogens (tertiary/aromatic N) is 1. The Morgan fingerprint density at radius 2 is 2.12 bits per heavy atom. The fourth-order valence-corrected chi connectivity index (χ4v) is 2.57. The van der Waals surface area contributed by atoms with Gasteiger partial charge in [-0.3, -0.25) is 4.79 Å². The molecule has 0 aromatic heterocycles. The van der Waals surface area contributed by atoms with E-state index in [0.29, 0.717) is 17.6 Å². The third-order valence-corrected chi connectivity index (χ3v) is 3.59. The van der Waals surface area contributed by atoms with E-state index in [9.17, 15) is 4.79 Å². The second-order valence-electron chi connectivity index (χ2n) is 4.90. The van der Waals surface area contributed by atoms with Crippen LogP contribution in [-0.2, 0) is 0 Å². The van der Waals surface area contributed by atoms with Crippen molar-refractivity contribution in [3.8, 4) is 0 Å². The number of rotatable bonds is 1. The normalized spacial score (nSPS) is 24.4. The van der Waals surface area contributed by atoms with Gasteiger partial charge in [0.25, 0.3) is 5.91 Å². The van der Waals surface area contributed by atoms with Crippen LogP contribution in [0.2, 0.25) is 0 Å². The van der Waals surface area contributed by atoms with E-state index in [1.807, 2.05) is 23.1 Å². The molecule has 0 saturated heterocycles. The van der Waals surface area contributed by atoms with Crippen LogP contribution in [0.5, 0.6) is 0 Å². The second-order valence-corrected chi connectivity index (χ2v) is 4.90. The summed E-state index contributed by atoms with van der Waals surface area (Å²) in [7, 11) is 0. The maximum Gasteiger partial charge on any atom is 0.256 e. The Labute approximate surface area is 95.2 Å². The summed E-state index contributed by atoms with van der Waals surface area (Å²) < 4.78 is 0. The molecule has 1 unspecified atom stereocenters. The van der Waals surface area contributed by atoms with E-state index in [2.05, 4.69) is 6.92 Å². The minimum Gasteiger partial charge on any atom is -0.398 e. The Bertz CT molecular complexity index is 451. The van der Waals surface area contributed by atoms with Crippen molar-refractivity contribution in [3.63, 3.8) is 0 Å². The third-order valence-electron chi connectivity index (χ3n) is 3.59. The van der Waals surface area contributed by atoms with Gasteiger partial charge in [0.2, 0.25) is 0 Å². The molecule has 3 heteroatoms. The molecule has 1 amide bonds. The third kappa shape index (κ3) is 1.31. The SMILES string of the molecule is CC1CN(C2CC2)C(=O)c2c(N)cccc21. The van der Waals surface area contributed by atoms with Crippen molar-refractivity contribution in [2.75, 3.05) is 12.3 Å². The molecule has 1 fully saturated rings. The standard InChI is InChI=1S/C13H16N2O/c1-8-7-15(9-5-6-9)13(16)12-10(8)3-2-4-11(12)14/h2-4,8-9H,5-7,14H2,1H3. The number of fused-ring (bicyclic) bond motifs is 1. The van der Waals surface area contributed by atoms with Crippen molar-refractivity contribution in [1.29, 1.82) is 0 Å². The van der Waals surface area contributed by atoms with Gasteiger partial charge in [-0.05, 0) is 30.4 Å². The number of benzene rings is 1. The molecule has 1 aliphatic heterocycles. The number of amides is 1. The molecular weight excluding hydrogens is 200 g/mol. The lowest BCUT2D eigenvalue weighted by Gasteiger charge is -2.33. The van der Waals surface area contributed by atoms with E-state index in [-0.39, 0.29) is 5.91 Å². The Morgan fingerprint density at radius 1 is 1.38 bits per heavy atom. The minimum atomic E-state index is 0.133. The second kappa shape index (κ2) is 3.24. The zero-order valence-electron chi connectivity index (χ0n) is 9.44. The zero-order valence-corrected chi connectivity index (χ0v) is 9.44. The molecule has 1 saturated carbocycles. The highest BCUT2D eigenvalue weighted by Gasteiger charge is 2.38. The monoisotopic (exact) mass is 216 g/mol. The number of nitrogen functional groups attached to an aromatic ring is 1. The summed E-state index contributed by atoms with van der Waals surface area (Å²) in [4.78, 5) is 14.3. The van der Waals surface area contributed by atoms with Crippen molar-refractivity contribution >= 4 is 11.6 Å². The van der Waals surface area contributed by atoms with Crippen LogP contribution in [0.3, 0.4) is 0 Å². The number of carbonyl (C=O) groups is 1. The van der Waals surface area contributed by atoms with E-state index in [4.69, 9.17) is 5.73 Å². The van der Waals surface area contributed by atoms with Crippen molar-refractivity contribution < 1.29 is 4.79 Å². The molecule has 0 bridgehead atoms. The van der Waals surface area contributed by atoms with Crippen LogP contribution in [-0.4, -0.2) is 23.4 Å². The summed E-state index contributed by atoms with van der Waals surface area (Å²) in [5, 5.41) is 0. The van der Waals surface area contributed by atoms with Crippen LogP contribution in [0, 0.1) is 0 Å². The topological polar surface area (TPSA) is 46.3 Å². The molecule has 3 rings (SSSR count). The highest BCUT2D eigenvalue weighted by molar-refractivity contribution is 6.02. The van der Waals surface area contributed by atoms with Gasteiger partial charge in [0.1, 0.15) is 0 Å². The first-order chi connectivity index (χ1) is 7.68. The Morgan fingerprint density at radius 3 is 2.81 bits per heavy atom. The van der Waals surface area contributed by atoms with Gasteiger partial charge >= 0.3 is 0 Å². The summed E-state index contributed by atoms with van der Waals surface area (Å²) in [6.45, 7) is 3.01. The highest BCUT2D eigenvalue weighted by atomic mass is 16.2. The molecule has 0 radical (unpaired) electrons. The first kappa shape index (κ1) is 9.70. The molecule has 2 N–H and O–H groups in total. The van der Waals surface area contributed by atoms with E-state index >= 15 is 0 Å². The lowest BCUT2D eigenvalue weighted by atomic mass is 9.89. The van der Waals surface area contributed by atoms with Gasteiger partial charge < -0.3 is 10.6 Å². The highest BCUT2D eigenvalue weighted by Crippen LogP contribution is 2.37. The lowest BCUT2D eigenvalue weighted by molar-refractivity contribution is 0.0712. The van der Waals surface area contributed by atoms with Crippen LogP contribution in [0.4, 0.5) is 5.69 Å². The first-order valence-corrected chi connectivity index (χ1v) is 5.88. The minimum absolute atomic E-state index is 0.133. The molecular formula is C13H16N2O. The van der Waals surface area contributed by atoms with E-state index in [0.717, 1.165) is 30.5 Å². The van der Waals surface area contributed by atoms with Crippen molar-refractivity contribution in [2.45, 2.75) is 31.7 Å². The predicted octanol–water partition coefficient (Wildman–Crippen LogP) is 1.99. The summed E-state index contributed by atoms with van der Waals surface area (Å²) in [5.41, 5.74) is 8.41. The molecule has 1 aromatic carbocycles. The van der Waals surface area contributed by atoms with E-state index < -0.39 is 0 Å². The van der Waals surface area contributed by atoms with Gasteiger partial charge in [-0.15, -0.1) is 0 Å². The van der Waals surface area contributed by atoms with Crippen LogP contribution in [0.25, 0.3) is 0 Å². The molecule has 1 aromatic rings. The Kier molecular flexibility index (Phi) is 1.96. The maximum absolute atomic E-state index is 12.3. The fraction of sp³-hybridized carbons (Fsp3) is 0.462. The number of carbonyl (C=O) groups excluding carboxylic acids is 1. The average Bonchev–Trinajstić information content (AvgIpc) is 3.07. The van der Waals surface area contributed by atoms with Crippen LogP contribution >= 0.6 is 0 Å². The molecule has 3 nitrogen and oxygen atoms in total. The molecule has 1 atom stereocenters. The van der Waals surface area contributed by atoms with Gasteiger partial charge in [-0.1, -0.05) is 19.1 Å². The first-order valence-electron chi connectivity index (χ1n) is 5.88. The number of hydrogen-bond acceptors (Lipinski definition) is 2. The van der Waals surface area contributed by atoms with Gasteiger partial charge in [0.05, 0.1) is 5.56 Å². The molecule has 2 aliphatic rings. The number of nitrogens with two attached hydrogens (primary N) is 1. The largest absolute Gasteiger partial charge is 0.398 e. The van der Waals surface area contributed by atoms with Crippen LogP contribution in [0.1, 0.15) is 41.6 Å². The molecule has 1 aliphatic carbocycles. The summed E-state index contributed by atoms with van der Waals surface area (Å²) in [5.74, 6) is 0.533. The van der Waals surface area contributed by atoms with Crippen LogP contribution in [0.15, 0.2) is 18.2 Å². The summed E-state index contributed by atoms with van der Waals surface area (Å²) in [6, 6.07) is 6.26. The van der Waals surface area contributed by atoms with E-state index in [1.54, 1.807) is 0 Å². The molecule has 0 spiro atoms. The maximum atomic E-state index is 12.3. The van der Waals surface area contributed by atoms with Crippen molar-refractivity contribution in [2.24, 2.45) is 0 Å². The molecule has 84 valence electrons. The van der Waals surface area contributed by atoms with Gasteiger partial charge in [0.15, 0.2) is 0 Å². The quantitative estimate of drug-likeness (QED) is 0.730. The summed E-state index contributed by atoms with van der Waals surface area (Å²) in [6.07, 6.45) is 2.31. The van der Waals surface area contributed by atoms with Gasteiger partial charge in [0, 0.05) is 18.3 Å². The molecule has 16 heavy (non-hydrogen) atoms. The average molecular weight is 216 g/mol. The molecule has 1 heterocycles. The Balaban J connectivity index is 2.09. The van der Waals surface area contributed by atoms with E-state index in [1.165, 1.54) is 0 Å². The van der Waals surface area contributed by atoms with Gasteiger partial charge in [-0.2, -0.15) is 0 Å². The fourth-order valence-electron chi connectivity index (χ4n) is 2.57. The Hall–Kier alpha value is -1.51. The zero-order chi connectivity index (χ0) is 11.3. The number of anilines is 1. The smallest absolute Gasteiger partial charge is 0.256 e. The predicted molar refractivity (Wildman–Crippen MR) is 63.3 cm³/mol. The van der Waals surface area contributed by atoms with Crippen LogP contribution < -0.4 is 5.73 Å². The lowest BCUT2D eigenvalue weighted by Crippen LogP contribution is -2.41. The summed E-state index contributed by atoms with van der Waals surface area (Å²) >= 11 is 0. The van der Waals surface area contributed by atoms with Gasteiger partial charge in [-0.25, -0.2) is 0 Å².